The van der Waals surface area contributed by atoms with Crippen LogP contribution < -0.4 is 15.2 Å². The van der Waals surface area contributed by atoms with Crippen LogP contribution in [0.3, 0.4) is 0 Å². The SMILES string of the molecule is C#CCOc1ccc(/C=C(/C(N)=O)c2ccccc2F)cc1OC. The van der Waals surface area contributed by atoms with Crippen LogP contribution in [0.25, 0.3) is 11.6 Å². The highest BCUT2D eigenvalue weighted by Crippen LogP contribution is 2.30. The third kappa shape index (κ3) is 3.93. The molecule has 0 unspecified atom stereocenters. The summed E-state index contributed by atoms with van der Waals surface area (Å²) < 4.78 is 24.5. The van der Waals surface area contributed by atoms with E-state index in [2.05, 4.69) is 5.92 Å². The van der Waals surface area contributed by atoms with Crippen molar-refractivity contribution in [1.29, 1.82) is 0 Å². The van der Waals surface area contributed by atoms with Crippen LogP contribution in [0, 0.1) is 18.2 Å². The summed E-state index contributed by atoms with van der Waals surface area (Å²) >= 11 is 0. The number of benzene rings is 2. The number of rotatable bonds is 6. The summed E-state index contributed by atoms with van der Waals surface area (Å²) in [5.74, 6) is 2.02. The highest BCUT2D eigenvalue weighted by molar-refractivity contribution is 6.23. The molecule has 0 aliphatic carbocycles. The van der Waals surface area contributed by atoms with E-state index in [1.165, 1.54) is 31.4 Å². The Balaban J connectivity index is 2.45. The summed E-state index contributed by atoms with van der Waals surface area (Å²) in [6, 6.07) is 10.9. The lowest BCUT2D eigenvalue weighted by Gasteiger charge is -2.10. The largest absolute Gasteiger partial charge is 0.493 e. The van der Waals surface area contributed by atoms with E-state index in [0.717, 1.165) is 0 Å². The first kappa shape index (κ1) is 17.1. The van der Waals surface area contributed by atoms with E-state index in [9.17, 15) is 9.18 Å². The van der Waals surface area contributed by atoms with Crippen molar-refractivity contribution < 1.29 is 18.7 Å². The molecule has 0 aromatic heterocycles. The van der Waals surface area contributed by atoms with Crippen molar-refractivity contribution in [2.45, 2.75) is 0 Å². The molecule has 0 aliphatic rings. The Bertz CT molecular complexity index is 822. The van der Waals surface area contributed by atoms with Crippen LogP contribution >= 0.6 is 0 Å². The van der Waals surface area contributed by atoms with Gasteiger partial charge in [0.25, 0.3) is 0 Å². The molecule has 24 heavy (non-hydrogen) atoms. The third-order valence-corrected chi connectivity index (χ3v) is 3.24. The van der Waals surface area contributed by atoms with Crippen molar-refractivity contribution in [2.24, 2.45) is 5.73 Å². The molecule has 4 nitrogen and oxygen atoms in total. The fraction of sp³-hybridized carbons (Fsp3) is 0.105. The highest BCUT2D eigenvalue weighted by Gasteiger charge is 2.13. The van der Waals surface area contributed by atoms with Gasteiger partial charge < -0.3 is 15.2 Å². The fourth-order valence-corrected chi connectivity index (χ4v) is 2.14. The first-order valence-corrected chi connectivity index (χ1v) is 7.07. The lowest BCUT2D eigenvalue weighted by Crippen LogP contribution is -2.13. The molecule has 0 saturated heterocycles. The molecule has 0 radical (unpaired) electrons. The maximum absolute atomic E-state index is 13.9. The van der Waals surface area contributed by atoms with Crippen LogP contribution in [0.2, 0.25) is 0 Å². The molecule has 2 aromatic rings. The quantitative estimate of drug-likeness (QED) is 0.505. The first-order chi connectivity index (χ1) is 11.6. The van der Waals surface area contributed by atoms with E-state index in [1.54, 1.807) is 24.3 Å². The Kier molecular flexibility index (Phi) is 5.58. The van der Waals surface area contributed by atoms with Gasteiger partial charge in [-0.3, -0.25) is 4.79 Å². The maximum Gasteiger partial charge on any atom is 0.249 e. The predicted molar refractivity (Wildman–Crippen MR) is 90.8 cm³/mol. The molecular formula is C19H16FNO3. The summed E-state index contributed by atoms with van der Waals surface area (Å²) in [6.45, 7) is 0.104. The fourth-order valence-electron chi connectivity index (χ4n) is 2.14. The van der Waals surface area contributed by atoms with Crippen LogP contribution in [0.15, 0.2) is 42.5 Å². The molecule has 5 heteroatoms. The number of methoxy groups -OCH3 is 1. The molecule has 0 aliphatic heterocycles. The smallest absolute Gasteiger partial charge is 0.249 e. The van der Waals surface area contributed by atoms with E-state index in [4.69, 9.17) is 21.6 Å². The molecule has 0 bridgehead atoms. The minimum absolute atomic E-state index is 0.0625. The van der Waals surface area contributed by atoms with Crippen molar-refractivity contribution in [2.75, 3.05) is 13.7 Å². The molecule has 0 saturated carbocycles. The minimum Gasteiger partial charge on any atom is -0.493 e. The van der Waals surface area contributed by atoms with Gasteiger partial charge in [-0.15, -0.1) is 6.42 Å². The molecule has 0 fully saturated rings. The molecule has 0 heterocycles. The second-order valence-corrected chi connectivity index (χ2v) is 4.81. The molecule has 2 N–H and O–H groups in total. The van der Waals surface area contributed by atoms with Gasteiger partial charge in [-0.1, -0.05) is 30.2 Å². The number of primary amides is 1. The van der Waals surface area contributed by atoms with Gasteiger partial charge in [0.2, 0.25) is 5.91 Å². The molecule has 1 amide bonds. The van der Waals surface area contributed by atoms with Gasteiger partial charge >= 0.3 is 0 Å². The number of carbonyl (C=O) groups excluding carboxylic acids is 1. The van der Waals surface area contributed by atoms with E-state index in [1.807, 2.05) is 0 Å². The van der Waals surface area contributed by atoms with Crippen LogP contribution in [-0.2, 0) is 4.79 Å². The molecule has 2 rings (SSSR count). The van der Waals surface area contributed by atoms with Gasteiger partial charge in [0.1, 0.15) is 12.4 Å². The van der Waals surface area contributed by atoms with E-state index in [0.29, 0.717) is 17.1 Å². The number of terminal acetylenes is 1. The van der Waals surface area contributed by atoms with E-state index >= 15 is 0 Å². The van der Waals surface area contributed by atoms with Crippen molar-refractivity contribution in [1.82, 2.24) is 0 Å². The second-order valence-electron chi connectivity index (χ2n) is 4.81. The highest BCUT2D eigenvalue weighted by atomic mass is 19.1. The Morgan fingerprint density at radius 1 is 1.29 bits per heavy atom. The molecule has 2 aromatic carbocycles. The van der Waals surface area contributed by atoms with Gasteiger partial charge in [-0.2, -0.15) is 0 Å². The molecule has 0 spiro atoms. The van der Waals surface area contributed by atoms with Gasteiger partial charge in [0, 0.05) is 11.1 Å². The molecular weight excluding hydrogens is 309 g/mol. The normalized spacial score (nSPS) is 10.8. The number of amides is 1. The molecule has 122 valence electrons. The van der Waals surface area contributed by atoms with E-state index in [-0.39, 0.29) is 17.7 Å². The monoisotopic (exact) mass is 325 g/mol. The van der Waals surface area contributed by atoms with Crippen molar-refractivity contribution >= 4 is 17.6 Å². The Labute approximate surface area is 139 Å². The minimum atomic E-state index is -0.730. The van der Waals surface area contributed by atoms with Crippen LogP contribution in [-0.4, -0.2) is 19.6 Å². The van der Waals surface area contributed by atoms with Gasteiger partial charge in [-0.05, 0) is 29.8 Å². The average Bonchev–Trinajstić information content (AvgIpc) is 2.58. The third-order valence-electron chi connectivity index (χ3n) is 3.24. The summed E-state index contributed by atoms with van der Waals surface area (Å²) in [7, 11) is 1.48. The Hall–Kier alpha value is -3.26. The Morgan fingerprint density at radius 3 is 2.67 bits per heavy atom. The van der Waals surface area contributed by atoms with Crippen LogP contribution in [0.5, 0.6) is 11.5 Å². The number of hydrogen-bond acceptors (Lipinski definition) is 3. The zero-order valence-corrected chi connectivity index (χ0v) is 13.1. The number of ether oxygens (including phenoxy) is 2. The lowest BCUT2D eigenvalue weighted by atomic mass is 10.0. The topological polar surface area (TPSA) is 61.5 Å². The maximum atomic E-state index is 13.9. The van der Waals surface area contributed by atoms with Crippen molar-refractivity contribution in [3.8, 4) is 23.8 Å². The summed E-state index contributed by atoms with van der Waals surface area (Å²) in [6.07, 6.45) is 6.66. The molecule has 0 atom stereocenters. The summed E-state index contributed by atoms with van der Waals surface area (Å²) in [4.78, 5) is 11.7. The Morgan fingerprint density at radius 2 is 2.04 bits per heavy atom. The van der Waals surface area contributed by atoms with Crippen LogP contribution in [0.4, 0.5) is 4.39 Å². The van der Waals surface area contributed by atoms with Crippen molar-refractivity contribution in [3.63, 3.8) is 0 Å². The number of halogens is 1. The van der Waals surface area contributed by atoms with Gasteiger partial charge in [0.05, 0.1) is 7.11 Å². The second kappa shape index (κ2) is 7.84. The van der Waals surface area contributed by atoms with E-state index < -0.39 is 11.7 Å². The number of carbonyl (C=O) groups is 1. The standard InChI is InChI=1S/C19H16FNO3/c1-3-10-24-17-9-8-13(12-18(17)23-2)11-15(19(21)22)14-6-4-5-7-16(14)20/h1,4-9,11-12H,10H2,2H3,(H2,21,22)/b15-11+. The first-order valence-electron chi connectivity index (χ1n) is 7.07. The van der Waals surface area contributed by atoms with Crippen molar-refractivity contribution in [3.05, 3.63) is 59.4 Å². The summed E-state index contributed by atoms with van der Waals surface area (Å²) in [5, 5.41) is 0. The average molecular weight is 325 g/mol. The number of hydrogen-bond donors (Lipinski definition) is 1. The van der Waals surface area contributed by atoms with Gasteiger partial charge in [-0.25, -0.2) is 4.39 Å². The van der Waals surface area contributed by atoms with Crippen LogP contribution in [0.1, 0.15) is 11.1 Å². The predicted octanol–water partition coefficient (Wildman–Crippen LogP) is 2.87. The number of nitrogens with two attached hydrogens (primary N) is 1. The lowest BCUT2D eigenvalue weighted by molar-refractivity contribution is -0.112. The summed E-state index contributed by atoms with van der Waals surface area (Å²) in [5.41, 5.74) is 6.21. The van der Waals surface area contributed by atoms with Gasteiger partial charge in [0.15, 0.2) is 11.5 Å². The zero-order chi connectivity index (χ0) is 17.5. The zero-order valence-electron chi connectivity index (χ0n) is 13.1.